The minimum atomic E-state index is -3.89. The molecule has 0 aliphatic carbocycles. The quantitative estimate of drug-likeness (QED) is 0.251. The van der Waals surface area contributed by atoms with E-state index in [1.807, 2.05) is 84.9 Å². The van der Waals surface area contributed by atoms with Gasteiger partial charge in [-0.1, -0.05) is 78.9 Å². The highest BCUT2D eigenvalue weighted by Gasteiger charge is 2.28. The Kier molecular flexibility index (Phi) is 6.82. The number of hydrogen-bond acceptors (Lipinski definition) is 6. The molecule has 0 fully saturated rings. The molecular weight excluding hydrogens is 472 g/mol. The third kappa shape index (κ3) is 5.47. The molecule has 0 bridgehead atoms. The number of aromatic nitrogens is 1. The number of para-hydroxylation sites is 1. The summed E-state index contributed by atoms with van der Waals surface area (Å²) >= 11 is 0. The molecule has 7 heteroatoms. The van der Waals surface area contributed by atoms with E-state index in [2.05, 4.69) is 10.3 Å². The van der Waals surface area contributed by atoms with Crippen LogP contribution in [-0.4, -0.2) is 13.4 Å². The Bertz CT molecular complexity index is 1530. The van der Waals surface area contributed by atoms with Crippen molar-refractivity contribution in [3.05, 3.63) is 132 Å². The summed E-state index contributed by atoms with van der Waals surface area (Å²) in [6.07, 6.45) is 0.375. The zero-order valence-corrected chi connectivity index (χ0v) is 20.2. The van der Waals surface area contributed by atoms with Gasteiger partial charge in [0.25, 0.3) is 0 Å². The average molecular weight is 497 g/mol. The highest BCUT2D eigenvalue weighted by Crippen LogP contribution is 2.30. The van der Waals surface area contributed by atoms with Gasteiger partial charge in [0, 0.05) is 13.0 Å². The maximum absolute atomic E-state index is 13.4. The van der Waals surface area contributed by atoms with E-state index in [0.717, 1.165) is 16.9 Å². The Hall–Kier alpha value is -4.36. The van der Waals surface area contributed by atoms with Gasteiger partial charge in [-0.25, -0.2) is 8.42 Å². The molecule has 4 aromatic carbocycles. The third-order valence-corrected chi connectivity index (χ3v) is 7.16. The zero-order valence-electron chi connectivity index (χ0n) is 19.4. The van der Waals surface area contributed by atoms with E-state index in [1.165, 1.54) is 0 Å². The van der Waals surface area contributed by atoms with Crippen LogP contribution in [0.1, 0.15) is 17.0 Å². The van der Waals surface area contributed by atoms with E-state index in [1.54, 1.807) is 30.3 Å². The molecule has 0 aliphatic heterocycles. The second-order valence-corrected chi connectivity index (χ2v) is 10.0. The number of nitrogens with one attached hydrogen (secondary N) is 1. The summed E-state index contributed by atoms with van der Waals surface area (Å²) in [5.74, 6) is 1.85. The van der Waals surface area contributed by atoms with Gasteiger partial charge in [-0.2, -0.15) is 4.98 Å². The zero-order chi connectivity index (χ0) is 24.8. The molecule has 0 amide bonds. The lowest BCUT2D eigenvalue weighted by Gasteiger charge is -2.09. The Morgan fingerprint density at radius 1 is 0.722 bits per heavy atom. The van der Waals surface area contributed by atoms with Crippen molar-refractivity contribution < 1.29 is 17.6 Å². The van der Waals surface area contributed by atoms with Crippen LogP contribution in [0.15, 0.2) is 130 Å². The van der Waals surface area contributed by atoms with Crippen molar-refractivity contribution in [1.82, 2.24) is 4.98 Å². The Labute approximate surface area is 210 Å². The normalized spacial score (nSPS) is 11.2. The lowest BCUT2D eigenvalue weighted by Crippen LogP contribution is -2.07. The SMILES string of the molecule is O=S(=O)(c1ccccc1)c1nc(Cc2ccccc2)oc1NCc1cccc(Oc2ccccc2)c1. The van der Waals surface area contributed by atoms with Gasteiger partial charge in [0.05, 0.1) is 4.90 Å². The van der Waals surface area contributed by atoms with Gasteiger partial charge < -0.3 is 14.5 Å². The second-order valence-electron chi connectivity index (χ2n) is 8.14. The number of anilines is 1. The lowest BCUT2D eigenvalue weighted by atomic mass is 10.2. The first kappa shape index (κ1) is 23.4. The molecule has 36 heavy (non-hydrogen) atoms. The lowest BCUT2D eigenvalue weighted by molar-refractivity contribution is 0.482. The van der Waals surface area contributed by atoms with E-state index in [-0.39, 0.29) is 15.8 Å². The van der Waals surface area contributed by atoms with E-state index in [9.17, 15) is 8.42 Å². The predicted octanol–water partition coefficient (Wildman–Crippen LogP) is 6.50. The molecule has 6 nitrogen and oxygen atoms in total. The molecule has 0 unspecified atom stereocenters. The van der Waals surface area contributed by atoms with Gasteiger partial charge in [0.1, 0.15) is 11.5 Å². The average Bonchev–Trinajstić information content (AvgIpc) is 3.33. The maximum atomic E-state index is 13.4. The highest BCUT2D eigenvalue weighted by atomic mass is 32.2. The number of benzene rings is 4. The Morgan fingerprint density at radius 2 is 1.33 bits per heavy atom. The van der Waals surface area contributed by atoms with Crippen molar-refractivity contribution in [1.29, 1.82) is 0 Å². The second kappa shape index (κ2) is 10.5. The van der Waals surface area contributed by atoms with Gasteiger partial charge in [0.15, 0.2) is 0 Å². The summed E-state index contributed by atoms with van der Waals surface area (Å²) in [4.78, 5) is 4.56. The fraction of sp³-hybridized carbons (Fsp3) is 0.0690. The van der Waals surface area contributed by atoms with Gasteiger partial charge in [-0.3, -0.25) is 0 Å². The molecule has 0 spiro atoms. The standard InChI is InChI=1S/C29H24N2O4S/c32-36(33,26-17-8-3-9-18-26)29-28(35-27(31-29)20-22-11-4-1-5-12-22)30-21-23-13-10-16-25(19-23)34-24-14-6-2-7-15-24/h1-19,30H,20-21H2. The molecule has 5 rings (SSSR count). The first-order valence-corrected chi connectivity index (χ1v) is 13.0. The van der Waals surface area contributed by atoms with Crippen LogP contribution in [-0.2, 0) is 22.8 Å². The van der Waals surface area contributed by atoms with Crippen LogP contribution in [0.2, 0.25) is 0 Å². The number of sulfone groups is 1. The first-order chi connectivity index (χ1) is 17.6. The summed E-state index contributed by atoms with van der Waals surface area (Å²) in [7, 11) is -3.89. The van der Waals surface area contributed by atoms with Crippen LogP contribution in [0, 0.1) is 0 Å². The van der Waals surface area contributed by atoms with Crippen molar-refractivity contribution in [3.8, 4) is 11.5 Å². The molecule has 0 atom stereocenters. The molecule has 0 saturated carbocycles. The van der Waals surface area contributed by atoms with Crippen LogP contribution < -0.4 is 10.1 Å². The predicted molar refractivity (Wildman–Crippen MR) is 138 cm³/mol. The molecule has 1 aromatic heterocycles. The maximum Gasteiger partial charge on any atom is 0.233 e. The van der Waals surface area contributed by atoms with Crippen molar-refractivity contribution in [3.63, 3.8) is 0 Å². The summed E-state index contributed by atoms with van der Waals surface area (Å²) in [5, 5.41) is 3.01. The van der Waals surface area contributed by atoms with Crippen molar-refractivity contribution in [2.45, 2.75) is 22.9 Å². The summed E-state index contributed by atoms with van der Waals surface area (Å²) < 4.78 is 38.7. The smallest absolute Gasteiger partial charge is 0.233 e. The van der Waals surface area contributed by atoms with E-state index < -0.39 is 9.84 Å². The molecule has 0 saturated heterocycles. The van der Waals surface area contributed by atoms with Crippen LogP contribution in [0.3, 0.4) is 0 Å². The third-order valence-electron chi connectivity index (χ3n) is 5.48. The van der Waals surface area contributed by atoms with Crippen molar-refractivity contribution >= 4 is 15.7 Å². The molecule has 0 radical (unpaired) electrons. The van der Waals surface area contributed by atoms with Crippen molar-refractivity contribution in [2.24, 2.45) is 0 Å². The fourth-order valence-electron chi connectivity index (χ4n) is 3.73. The number of ether oxygens (including phenoxy) is 1. The molecule has 180 valence electrons. The van der Waals surface area contributed by atoms with Gasteiger partial charge in [0.2, 0.25) is 26.6 Å². The summed E-state index contributed by atoms with van der Waals surface area (Å²) in [6, 6.07) is 35.0. The monoisotopic (exact) mass is 496 g/mol. The van der Waals surface area contributed by atoms with Crippen LogP contribution >= 0.6 is 0 Å². The Balaban J connectivity index is 1.41. The number of rotatable bonds is 9. The topological polar surface area (TPSA) is 81.4 Å². The Morgan fingerprint density at radius 3 is 2.06 bits per heavy atom. The minimum absolute atomic E-state index is 0.110. The minimum Gasteiger partial charge on any atom is -0.457 e. The van der Waals surface area contributed by atoms with E-state index >= 15 is 0 Å². The number of oxazole rings is 1. The largest absolute Gasteiger partial charge is 0.457 e. The van der Waals surface area contributed by atoms with Crippen molar-refractivity contribution in [2.75, 3.05) is 5.32 Å². The van der Waals surface area contributed by atoms with Crippen LogP contribution in [0.25, 0.3) is 0 Å². The van der Waals surface area contributed by atoms with Crippen LogP contribution in [0.5, 0.6) is 11.5 Å². The molecular formula is C29H24N2O4S. The summed E-state index contributed by atoms with van der Waals surface area (Å²) in [5.41, 5.74) is 1.87. The fourth-order valence-corrected chi connectivity index (χ4v) is 5.04. The van der Waals surface area contributed by atoms with E-state index in [4.69, 9.17) is 9.15 Å². The van der Waals surface area contributed by atoms with Crippen LogP contribution in [0.4, 0.5) is 5.88 Å². The first-order valence-electron chi connectivity index (χ1n) is 11.5. The van der Waals surface area contributed by atoms with Gasteiger partial charge >= 0.3 is 0 Å². The number of hydrogen-bond donors (Lipinski definition) is 1. The van der Waals surface area contributed by atoms with E-state index in [0.29, 0.717) is 24.6 Å². The number of nitrogens with zero attached hydrogens (tertiary/aromatic N) is 1. The summed E-state index contributed by atoms with van der Waals surface area (Å²) in [6.45, 7) is 0.323. The highest BCUT2D eigenvalue weighted by molar-refractivity contribution is 7.91. The molecule has 1 N–H and O–H groups in total. The van der Waals surface area contributed by atoms with Gasteiger partial charge in [-0.05, 0) is 47.5 Å². The molecule has 5 aromatic rings. The molecule has 0 aliphatic rings. The van der Waals surface area contributed by atoms with Gasteiger partial charge in [-0.15, -0.1) is 0 Å². The molecule has 1 heterocycles.